The first kappa shape index (κ1) is 14.2. The average molecular weight is 223 g/mol. The molecule has 0 unspecified atom stereocenters. The van der Waals surface area contributed by atoms with Gasteiger partial charge in [0.2, 0.25) is 0 Å². The van der Waals surface area contributed by atoms with Crippen molar-refractivity contribution in [2.24, 2.45) is 5.92 Å². The Kier molecular flexibility index (Phi) is 5.44. The zero-order valence-electron chi connectivity index (χ0n) is 10.0. The van der Waals surface area contributed by atoms with Crippen molar-refractivity contribution in [3.8, 4) is 0 Å². The van der Waals surface area contributed by atoms with Crippen molar-refractivity contribution in [2.75, 3.05) is 6.26 Å². The third kappa shape index (κ3) is 8.81. The zero-order chi connectivity index (χ0) is 11.4. The molecule has 0 saturated heterocycles. The van der Waals surface area contributed by atoms with Gasteiger partial charge in [0, 0.05) is 11.8 Å². The molecule has 0 atom stereocenters. The zero-order valence-corrected chi connectivity index (χ0v) is 10.8. The fourth-order valence-electron chi connectivity index (χ4n) is 1.53. The topological polar surface area (TPSA) is 52.5 Å². The first-order chi connectivity index (χ1) is 6.12. The number of nitrogens with one attached hydrogen (secondary N) is 1. The van der Waals surface area contributed by atoms with Crippen LogP contribution in [0.15, 0.2) is 0 Å². The monoisotopic (exact) mass is 223 g/mol. The van der Waals surface area contributed by atoms with E-state index in [0.717, 1.165) is 12.8 Å². The molecule has 0 aromatic heterocycles. The van der Waals surface area contributed by atoms with Crippen LogP contribution in [0.2, 0.25) is 0 Å². The Balaban J connectivity index is 3.84. The van der Waals surface area contributed by atoms with Gasteiger partial charge < -0.3 is 0 Å². The van der Waals surface area contributed by atoms with Crippen LogP contribution in [0.1, 0.15) is 47.0 Å². The van der Waals surface area contributed by atoms with E-state index in [1.165, 1.54) is 12.7 Å². The molecule has 0 saturated carbocycles. The van der Waals surface area contributed by atoms with Gasteiger partial charge in [0.15, 0.2) is 0 Å². The lowest BCUT2D eigenvalue weighted by Gasteiger charge is -2.38. The van der Waals surface area contributed by atoms with Gasteiger partial charge in [0.1, 0.15) is 0 Å². The summed E-state index contributed by atoms with van der Waals surface area (Å²) in [6.45, 7) is 8.41. The van der Waals surface area contributed by atoms with E-state index in [1.54, 1.807) is 0 Å². The lowest BCUT2D eigenvalue weighted by molar-refractivity contribution is 0.367. The molecular weight excluding hydrogens is 198 g/mol. The molecule has 0 spiro atoms. The summed E-state index contributed by atoms with van der Waals surface area (Å²) in [7, 11) is -2.58. The van der Waals surface area contributed by atoms with E-state index in [9.17, 15) is 9.11 Å². The molecule has 88 valence electrons. The van der Waals surface area contributed by atoms with E-state index >= 15 is 0 Å². The van der Waals surface area contributed by atoms with Gasteiger partial charge in [-0.25, -0.2) is 4.72 Å². The minimum absolute atomic E-state index is 0.192. The molecule has 0 fully saturated rings. The van der Waals surface area contributed by atoms with Crippen LogP contribution in [-0.2, 0) is 0 Å². The number of hydrogen-bond donors (Lipinski definition) is 3. The van der Waals surface area contributed by atoms with Crippen LogP contribution in [-0.4, -0.2) is 20.9 Å². The van der Waals surface area contributed by atoms with Crippen LogP contribution in [0.4, 0.5) is 0 Å². The summed E-state index contributed by atoms with van der Waals surface area (Å²) >= 11 is 0. The van der Waals surface area contributed by atoms with E-state index in [2.05, 4.69) is 18.6 Å². The molecule has 0 aromatic rings. The van der Waals surface area contributed by atoms with Crippen molar-refractivity contribution in [1.29, 1.82) is 0 Å². The van der Waals surface area contributed by atoms with Crippen LogP contribution >= 0.6 is 10.8 Å². The van der Waals surface area contributed by atoms with Gasteiger partial charge >= 0.3 is 0 Å². The fourth-order valence-corrected chi connectivity index (χ4v) is 2.68. The maximum absolute atomic E-state index is 9.29. The van der Waals surface area contributed by atoms with Gasteiger partial charge in [0.25, 0.3) is 0 Å². The Labute approximate surface area is 89.8 Å². The second-order valence-electron chi connectivity index (χ2n) is 5.11. The standard InChI is InChI=1S/C10H25NO2S/c1-9(2)7-6-8-10(3,4)11-14(5,12)13/h9,11-13H,6-8H2,1-5H3. The van der Waals surface area contributed by atoms with E-state index < -0.39 is 10.8 Å². The van der Waals surface area contributed by atoms with Crippen LogP contribution < -0.4 is 4.72 Å². The molecule has 0 heterocycles. The molecule has 0 aromatic carbocycles. The van der Waals surface area contributed by atoms with Crippen molar-refractivity contribution in [2.45, 2.75) is 52.5 Å². The van der Waals surface area contributed by atoms with Crippen molar-refractivity contribution < 1.29 is 9.11 Å². The summed E-state index contributed by atoms with van der Waals surface area (Å²) < 4.78 is 21.4. The second-order valence-corrected chi connectivity index (χ2v) is 6.98. The summed E-state index contributed by atoms with van der Waals surface area (Å²) in [5.74, 6) is 0.716. The molecule has 0 aliphatic rings. The van der Waals surface area contributed by atoms with Gasteiger partial charge in [-0.05, 0) is 26.2 Å². The summed E-state index contributed by atoms with van der Waals surface area (Å²) in [6.07, 6.45) is 4.70. The predicted octanol–water partition coefficient (Wildman–Crippen LogP) is 3.48. The second kappa shape index (κ2) is 5.35. The highest BCUT2D eigenvalue weighted by atomic mass is 32.3. The van der Waals surface area contributed by atoms with Gasteiger partial charge in [-0.15, -0.1) is 10.8 Å². The lowest BCUT2D eigenvalue weighted by atomic mass is 9.96. The van der Waals surface area contributed by atoms with Crippen molar-refractivity contribution in [1.82, 2.24) is 4.72 Å². The Morgan fingerprint density at radius 2 is 1.79 bits per heavy atom. The largest absolute Gasteiger partial charge is 0.286 e. The van der Waals surface area contributed by atoms with Crippen molar-refractivity contribution in [3.63, 3.8) is 0 Å². The van der Waals surface area contributed by atoms with Gasteiger partial charge in [0.05, 0.1) is 0 Å². The molecule has 3 nitrogen and oxygen atoms in total. The van der Waals surface area contributed by atoms with E-state index in [1.807, 2.05) is 13.8 Å². The highest BCUT2D eigenvalue weighted by Crippen LogP contribution is 2.33. The summed E-state index contributed by atoms with van der Waals surface area (Å²) in [5, 5.41) is 0. The Hall–Kier alpha value is 0.230. The van der Waals surface area contributed by atoms with Gasteiger partial charge in [-0.2, -0.15) is 0 Å². The minimum Gasteiger partial charge on any atom is -0.286 e. The van der Waals surface area contributed by atoms with Crippen LogP contribution in [0.5, 0.6) is 0 Å². The van der Waals surface area contributed by atoms with Crippen molar-refractivity contribution in [3.05, 3.63) is 0 Å². The molecular formula is C10H25NO2S. The van der Waals surface area contributed by atoms with Crippen molar-refractivity contribution >= 4 is 10.8 Å². The van der Waals surface area contributed by atoms with Gasteiger partial charge in [-0.1, -0.05) is 26.7 Å². The number of hydrogen-bond acceptors (Lipinski definition) is 3. The molecule has 0 rings (SSSR count). The third-order valence-corrected chi connectivity index (χ3v) is 2.99. The molecule has 0 amide bonds. The lowest BCUT2D eigenvalue weighted by Crippen LogP contribution is -2.40. The Morgan fingerprint density at radius 1 is 1.29 bits per heavy atom. The third-order valence-electron chi connectivity index (χ3n) is 2.05. The quantitative estimate of drug-likeness (QED) is 0.646. The molecule has 14 heavy (non-hydrogen) atoms. The van der Waals surface area contributed by atoms with E-state index in [4.69, 9.17) is 0 Å². The van der Waals surface area contributed by atoms with Crippen LogP contribution in [0.3, 0.4) is 0 Å². The molecule has 3 N–H and O–H groups in total. The highest BCUT2D eigenvalue weighted by Gasteiger charge is 2.21. The SMILES string of the molecule is CC(C)CCCC(C)(C)NS(C)(O)O. The summed E-state index contributed by atoms with van der Waals surface area (Å²) in [4.78, 5) is 0. The summed E-state index contributed by atoms with van der Waals surface area (Å²) in [5.41, 5.74) is -0.192. The molecule has 0 bridgehead atoms. The minimum atomic E-state index is -2.58. The maximum Gasteiger partial charge on any atom is 0.0416 e. The first-order valence-corrected chi connectivity index (χ1v) is 7.10. The average Bonchev–Trinajstić information content (AvgIpc) is 1.78. The van der Waals surface area contributed by atoms with Crippen LogP contribution in [0, 0.1) is 5.92 Å². The molecule has 0 aliphatic heterocycles. The smallest absolute Gasteiger partial charge is 0.0416 e. The van der Waals surface area contributed by atoms with Crippen LogP contribution in [0.25, 0.3) is 0 Å². The molecule has 4 heteroatoms. The number of rotatable bonds is 6. The Bertz CT molecular complexity index is 164. The van der Waals surface area contributed by atoms with Gasteiger partial charge in [-0.3, -0.25) is 9.11 Å². The molecule has 0 radical (unpaired) electrons. The predicted molar refractivity (Wildman–Crippen MR) is 64.7 cm³/mol. The maximum atomic E-state index is 9.29. The molecule has 0 aliphatic carbocycles. The van der Waals surface area contributed by atoms with E-state index in [-0.39, 0.29) is 5.54 Å². The van der Waals surface area contributed by atoms with E-state index in [0.29, 0.717) is 5.92 Å². The normalized spacial score (nSPS) is 14.9. The summed E-state index contributed by atoms with van der Waals surface area (Å²) in [6, 6.07) is 0. The fraction of sp³-hybridized carbons (Fsp3) is 1.00. The Morgan fingerprint density at radius 3 is 2.14 bits per heavy atom. The first-order valence-electron chi connectivity index (χ1n) is 5.14. The highest BCUT2D eigenvalue weighted by molar-refractivity contribution is 8.22.